The van der Waals surface area contributed by atoms with E-state index in [0.29, 0.717) is 5.02 Å². The van der Waals surface area contributed by atoms with Crippen LogP contribution in [0.4, 0.5) is 0 Å². The fourth-order valence-electron chi connectivity index (χ4n) is 1.95. The van der Waals surface area contributed by atoms with Gasteiger partial charge in [0, 0.05) is 11.6 Å². The molecule has 1 saturated carbocycles. The van der Waals surface area contributed by atoms with E-state index in [-0.39, 0.29) is 11.7 Å². The van der Waals surface area contributed by atoms with Crippen molar-refractivity contribution < 1.29 is 4.79 Å². The molecule has 0 heterocycles. The lowest BCUT2D eigenvalue weighted by Crippen LogP contribution is -2.27. The number of nitrogens with two attached hydrogens (primary N) is 1. The largest absolute Gasteiger partial charge is 0.333 e. The molecule has 1 aromatic carbocycles. The molecular weight excluding hydrogens is 260 g/mol. The lowest BCUT2D eigenvalue weighted by atomic mass is 9.95. The van der Waals surface area contributed by atoms with Crippen LogP contribution in [0.15, 0.2) is 24.3 Å². The number of hydrogen-bond acceptors (Lipinski definition) is 3. The van der Waals surface area contributed by atoms with Gasteiger partial charge < -0.3 is 11.1 Å². The van der Waals surface area contributed by atoms with E-state index in [0.717, 1.165) is 24.6 Å². The Kier molecular flexibility index (Phi) is 7.06. The number of carbonyl (C=O) groups excluding carboxylic acids is 1. The minimum Gasteiger partial charge on any atom is -0.333 e. The minimum absolute atomic E-state index is 0.0500. The van der Waals surface area contributed by atoms with E-state index in [1.165, 1.54) is 19.9 Å². The van der Waals surface area contributed by atoms with E-state index >= 15 is 0 Å². The van der Waals surface area contributed by atoms with Crippen molar-refractivity contribution in [3.63, 3.8) is 0 Å². The molecule has 0 saturated heterocycles. The topological polar surface area (TPSA) is 55.1 Å². The van der Waals surface area contributed by atoms with Crippen LogP contribution in [0.5, 0.6) is 0 Å². The number of ketones is 1. The Balaban J connectivity index is 0.000000861. The normalized spacial score (nSPS) is 15.4. The second-order valence-corrected chi connectivity index (χ2v) is 5.25. The van der Waals surface area contributed by atoms with Gasteiger partial charge in [-0.2, -0.15) is 0 Å². The van der Waals surface area contributed by atoms with E-state index in [1.807, 2.05) is 24.3 Å². The zero-order valence-corrected chi connectivity index (χ0v) is 12.4. The first-order valence-electron chi connectivity index (χ1n) is 6.71. The van der Waals surface area contributed by atoms with Gasteiger partial charge in [-0.1, -0.05) is 23.7 Å². The van der Waals surface area contributed by atoms with E-state index in [4.69, 9.17) is 11.6 Å². The summed E-state index contributed by atoms with van der Waals surface area (Å²) >= 11 is 5.85. The lowest BCUT2D eigenvalue weighted by molar-refractivity contribution is -0.118. The predicted molar refractivity (Wildman–Crippen MR) is 80.6 cm³/mol. The molecule has 1 aromatic rings. The van der Waals surface area contributed by atoms with Crippen LogP contribution >= 0.6 is 11.6 Å². The molecule has 1 atom stereocenters. The Morgan fingerprint density at radius 3 is 2.42 bits per heavy atom. The van der Waals surface area contributed by atoms with Gasteiger partial charge in [-0.05, 0) is 57.0 Å². The van der Waals surface area contributed by atoms with Gasteiger partial charge in [0.05, 0.1) is 5.92 Å². The summed E-state index contributed by atoms with van der Waals surface area (Å²) < 4.78 is 0. The smallest absolute Gasteiger partial charge is 0.138 e. The summed E-state index contributed by atoms with van der Waals surface area (Å²) in [4.78, 5) is 11.6. The molecule has 0 amide bonds. The van der Waals surface area contributed by atoms with Gasteiger partial charge in [0.15, 0.2) is 0 Å². The van der Waals surface area contributed by atoms with Crippen molar-refractivity contribution in [1.82, 2.24) is 5.32 Å². The van der Waals surface area contributed by atoms with E-state index < -0.39 is 0 Å². The summed E-state index contributed by atoms with van der Waals surface area (Å²) in [6.45, 7) is 3.42. The zero-order chi connectivity index (χ0) is 14.3. The number of hydrogen-bond donors (Lipinski definition) is 2. The molecule has 19 heavy (non-hydrogen) atoms. The van der Waals surface area contributed by atoms with Crippen molar-refractivity contribution in [1.29, 1.82) is 0 Å². The monoisotopic (exact) mass is 282 g/mol. The zero-order valence-electron chi connectivity index (χ0n) is 11.7. The van der Waals surface area contributed by atoms with Gasteiger partial charge in [-0.15, -0.1) is 0 Å². The molecule has 3 nitrogen and oxygen atoms in total. The molecule has 4 heteroatoms. The van der Waals surface area contributed by atoms with Crippen molar-refractivity contribution in [3.05, 3.63) is 34.9 Å². The minimum atomic E-state index is -0.0500. The van der Waals surface area contributed by atoms with Crippen molar-refractivity contribution in [2.75, 3.05) is 20.1 Å². The van der Waals surface area contributed by atoms with Gasteiger partial charge in [0.2, 0.25) is 0 Å². The average Bonchev–Trinajstić information content (AvgIpc) is 3.22. The Hall–Kier alpha value is -0.900. The van der Waals surface area contributed by atoms with Crippen LogP contribution in [0.2, 0.25) is 5.02 Å². The summed E-state index contributed by atoms with van der Waals surface area (Å²) in [5, 5.41) is 4.10. The fraction of sp³-hybridized carbons (Fsp3) is 0.533. The molecule has 2 rings (SSSR count). The van der Waals surface area contributed by atoms with Crippen LogP contribution in [-0.4, -0.2) is 25.9 Å². The number of Topliss-reactive ketones (excluding diaryl/α,β-unsaturated/α-hetero) is 1. The number of rotatable bonds is 6. The van der Waals surface area contributed by atoms with Gasteiger partial charge in [0.1, 0.15) is 5.78 Å². The van der Waals surface area contributed by atoms with Crippen molar-refractivity contribution in [3.8, 4) is 0 Å². The number of benzene rings is 1. The maximum Gasteiger partial charge on any atom is 0.138 e. The van der Waals surface area contributed by atoms with Gasteiger partial charge >= 0.3 is 0 Å². The Morgan fingerprint density at radius 2 is 1.95 bits per heavy atom. The van der Waals surface area contributed by atoms with E-state index in [2.05, 4.69) is 11.1 Å². The third-order valence-corrected chi connectivity index (χ3v) is 3.49. The maximum absolute atomic E-state index is 11.6. The molecular formula is C15H23ClN2O. The van der Waals surface area contributed by atoms with Crippen LogP contribution in [0.25, 0.3) is 0 Å². The van der Waals surface area contributed by atoms with Crippen molar-refractivity contribution >= 4 is 17.4 Å². The summed E-state index contributed by atoms with van der Waals surface area (Å²) in [5.74, 6) is 0.995. The van der Waals surface area contributed by atoms with Gasteiger partial charge in [0.25, 0.3) is 0 Å². The molecule has 1 aliphatic rings. The quantitative estimate of drug-likeness (QED) is 0.843. The van der Waals surface area contributed by atoms with E-state index in [9.17, 15) is 4.79 Å². The standard InChI is InChI=1S/C14H18ClNO.CH5N/c1-10(17)14(9-16-8-11-2-3-11)12-4-6-13(15)7-5-12;1-2/h4-7,11,14,16H,2-3,8-9H2,1H3;2H2,1H3. The molecule has 1 unspecified atom stereocenters. The highest BCUT2D eigenvalue weighted by atomic mass is 35.5. The summed E-state index contributed by atoms with van der Waals surface area (Å²) in [5.41, 5.74) is 5.55. The first kappa shape index (κ1) is 16.2. The molecule has 0 aromatic heterocycles. The maximum atomic E-state index is 11.6. The SMILES string of the molecule is CC(=O)C(CNCC1CC1)c1ccc(Cl)cc1.CN. The van der Waals surface area contributed by atoms with Crippen LogP contribution in [0.3, 0.4) is 0 Å². The first-order valence-corrected chi connectivity index (χ1v) is 7.09. The summed E-state index contributed by atoms with van der Waals surface area (Å²) in [7, 11) is 1.50. The molecule has 106 valence electrons. The third-order valence-electron chi connectivity index (χ3n) is 3.24. The highest BCUT2D eigenvalue weighted by molar-refractivity contribution is 6.30. The number of nitrogens with one attached hydrogen (secondary N) is 1. The summed E-state index contributed by atoms with van der Waals surface area (Å²) in [6.07, 6.45) is 2.66. The Labute approximate surface area is 120 Å². The van der Waals surface area contributed by atoms with Crippen molar-refractivity contribution in [2.45, 2.75) is 25.7 Å². The molecule has 0 radical (unpaired) electrons. The molecule has 1 aliphatic carbocycles. The third kappa shape index (κ3) is 5.72. The van der Waals surface area contributed by atoms with Gasteiger partial charge in [-0.3, -0.25) is 4.79 Å². The average molecular weight is 283 g/mol. The van der Waals surface area contributed by atoms with Crippen LogP contribution in [0.1, 0.15) is 31.2 Å². The van der Waals surface area contributed by atoms with E-state index in [1.54, 1.807) is 6.92 Å². The summed E-state index contributed by atoms with van der Waals surface area (Å²) in [6, 6.07) is 7.56. The Bertz CT molecular complexity index is 388. The lowest BCUT2D eigenvalue weighted by Gasteiger charge is -2.15. The van der Waals surface area contributed by atoms with Gasteiger partial charge in [-0.25, -0.2) is 0 Å². The molecule has 1 fully saturated rings. The van der Waals surface area contributed by atoms with Crippen LogP contribution in [0, 0.1) is 5.92 Å². The second kappa shape index (κ2) is 8.31. The highest BCUT2D eigenvalue weighted by Gasteiger charge is 2.22. The molecule has 0 bridgehead atoms. The number of carbonyl (C=O) groups is 1. The first-order chi connectivity index (χ1) is 9.16. The Morgan fingerprint density at radius 1 is 1.37 bits per heavy atom. The molecule has 0 aliphatic heterocycles. The number of halogens is 1. The van der Waals surface area contributed by atoms with Crippen LogP contribution < -0.4 is 11.1 Å². The predicted octanol–water partition coefficient (Wildman–Crippen LogP) is 2.59. The fourth-order valence-corrected chi connectivity index (χ4v) is 2.07. The molecule has 3 N–H and O–H groups in total. The highest BCUT2D eigenvalue weighted by Crippen LogP contribution is 2.28. The van der Waals surface area contributed by atoms with Crippen LogP contribution in [-0.2, 0) is 4.79 Å². The second-order valence-electron chi connectivity index (χ2n) is 4.82. The van der Waals surface area contributed by atoms with Crippen molar-refractivity contribution in [2.24, 2.45) is 11.7 Å². The molecule has 0 spiro atoms.